The fourth-order valence-corrected chi connectivity index (χ4v) is 1.46. The third kappa shape index (κ3) is 9.38. The van der Waals surface area contributed by atoms with Gasteiger partial charge in [-0.1, -0.05) is 6.92 Å². The number of carbonyl (C=O) groups excluding carboxylic acids is 2. The van der Waals surface area contributed by atoms with Gasteiger partial charge in [0.1, 0.15) is 0 Å². The fraction of sp³-hybridized carbons (Fsp3) is 0.778. The molecule has 5 heteroatoms. The van der Waals surface area contributed by atoms with Crippen molar-refractivity contribution in [3.63, 3.8) is 0 Å². The molecule has 0 rings (SSSR count). The van der Waals surface area contributed by atoms with E-state index in [0.29, 0.717) is 19.5 Å². The third-order valence-electron chi connectivity index (χ3n) is 1.50. The molecule has 0 unspecified atom stereocenters. The summed E-state index contributed by atoms with van der Waals surface area (Å²) < 4.78 is 0. The lowest BCUT2D eigenvalue weighted by molar-refractivity contribution is -0.121. The van der Waals surface area contributed by atoms with Crippen LogP contribution in [-0.2, 0) is 9.59 Å². The maximum atomic E-state index is 11.1. The van der Waals surface area contributed by atoms with Crippen molar-refractivity contribution in [2.75, 3.05) is 24.6 Å². The number of rotatable bonds is 7. The Balaban J connectivity index is 3.22. The van der Waals surface area contributed by atoms with Crippen molar-refractivity contribution in [1.82, 2.24) is 10.6 Å². The lowest BCUT2D eigenvalue weighted by Gasteiger charge is -2.04. The molecule has 0 radical (unpaired) electrons. The van der Waals surface area contributed by atoms with Crippen molar-refractivity contribution < 1.29 is 9.59 Å². The largest absolute Gasteiger partial charge is 0.355 e. The second kappa shape index (κ2) is 8.87. The quantitative estimate of drug-likeness (QED) is 0.607. The van der Waals surface area contributed by atoms with Gasteiger partial charge in [-0.3, -0.25) is 9.59 Å². The van der Waals surface area contributed by atoms with Crippen LogP contribution in [0.5, 0.6) is 0 Å². The van der Waals surface area contributed by atoms with E-state index in [-0.39, 0.29) is 11.8 Å². The lowest BCUT2D eigenvalue weighted by Crippen LogP contribution is -2.33. The van der Waals surface area contributed by atoms with Crippen LogP contribution in [0.1, 0.15) is 20.3 Å². The molecule has 0 saturated heterocycles. The van der Waals surface area contributed by atoms with Crippen LogP contribution in [0.25, 0.3) is 0 Å². The van der Waals surface area contributed by atoms with Gasteiger partial charge in [0, 0.05) is 32.2 Å². The van der Waals surface area contributed by atoms with Crippen LogP contribution in [-0.4, -0.2) is 36.4 Å². The first-order chi connectivity index (χ1) is 6.66. The molecule has 14 heavy (non-hydrogen) atoms. The molecule has 0 fully saturated rings. The highest BCUT2D eigenvalue weighted by atomic mass is 32.2. The van der Waals surface area contributed by atoms with Gasteiger partial charge in [-0.05, 0) is 5.75 Å². The zero-order chi connectivity index (χ0) is 10.8. The molecule has 0 atom stereocenters. The van der Waals surface area contributed by atoms with Crippen molar-refractivity contribution in [2.24, 2.45) is 0 Å². The molecule has 0 heterocycles. The highest BCUT2D eigenvalue weighted by Crippen LogP contribution is 1.99. The minimum absolute atomic E-state index is 0.0521. The summed E-state index contributed by atoms with van der Waals surface area (Å²) in [5.74, 6) is 1.89. The predicted octanol–water partition coefficient (Wildman–Crippen LogP) is 0.382. The van der Waals surface area contributed by atoms with Crippen molar-refractivity contribution in [3.05, 3.63) is 0 Å². The summed E-state index contributed by atoms with van der Waals surface area (Å²) in [6.45, 7) is 4.54. The van der Waals surface area contributed by atoms with Crippen LogP contribution in [0.4, 0.5) is 0 Å². The molecule has 82 valence electrons. The minimum Gasteiger partial charge on any atom is -0.355 e. The second-order valence-corrected chi connectivity index (χ2v) is 4.17. The number of carbonyl (C=O) groups is 2. The van der Waals surface area contributed by atoms with E-state index < -0.39 is 0 Å². The normalized spacial score (nSPS) is 9.57. The maximum Gasteiger partial charge on any atom is 0.220 e. The summed E-state index contributed by atoms with van der Waals surface area (Å²) >= 11 is 1.75. The summed E-state index contributed by atoms with van der Waals surface area (Å²) in [6.07, 6.45) is 0.554. The number of amides is 2. The Bertz CT molecular complexity index is 186. The summed E-state index contributed by atoms with van der Waals surface area (Å²) in [4.78, 5) is 21.6. The van der Waals surface area contributed by atoms with E-state index in [9.17, 15) is 9.59 Å². The van der Waals surface area contributed by atoms with Crippen LogP contribution in [0, 0.1) is 0 Å². The van der Waals surface area contributed by atoms with Crippen molar-refractivity contribution in [2.45, 2.75) is 20.3 Å². The summed E-state index contributed by atoms with van der Waals surface area (Å²) in [5, 5.41) is 5.34. The SMILES string of the molecule is CCSCCC(=O)NCCNC(C)=O. The van der Waals surface area contributed by atoms with Gasteiger partial charge >= 0.3 is 0 Å². The first-order valence-electron chi connectivity index (χ1n) is 4.75. The maximum absolute atomic E-state index is 11.1. The molecular weight excluding hydrogens is 200 g/mol. The van der Waals surface area contributed by atoms with E-state index in [2.05, 4.69) is 17.6 Å². The highest BCUT2D eigenvalue weighted by Gasteiger charge is 1.99. The van der Waals surface area contributed by atoms with Crippen molar-refractivity contribution >= 4 is 23.6 Å². The van der Waals surface area contributed by atoms with E-state index in [0.717, 1.165) is 11.5 Å². The standard InChI is InChI=1S/C9H18N2O2S/c1-3-14-7-4-9(13)11-6-5-10-8(2)12/h3-7H2,1-2H3,(H,10,12)(H,11,13). The molecule has 0 saturated carbocycles. The van der Waals surface area contributed by atoms with Gasteiger partial charge in [0.25, 0.3) is 0 Å². The van der Waals surface area contributed by atoms with Gasteiger partial charge in [-0.15, -0.1) is 0 Å². The Morgan fingerprint density at radius 3 is 2.43 bits per heavy atom. The Kier molecular flexibility index (Phi) is 8.42. The minimum atomic E-state index is -0.0687. The summed E-state index contributed by atoms with van der Waals surface area (Å²) in [6, 6.07) is 0. The molecule has 0 bridgehead atoms. The molecular formula is C9H18N2O2S. The summed E-state index contributed by atoms with van der Waals surface area (Å²) in [7, 11) is 0. The topological polar surface area (TPSA) is 58.2 Å². The van der Waals surface area contributed by atoms with Crippen LogP contribution >= 0.6 is 11.8 Å². The third-order valence-corrected chi connectivity index (χ3v) is 2.40. The molecule has 0 aliphatic heterocycles. The molecule has 0 aromatic carbocycles. The number of nitrogens with one attached hydrogen (secondary N) is 2. The van der Waals surface area contributed by atoms with E-state index in [4.69, 9.17) is 0 Å². The average molecular weight is 218 g/mol. The molecule has 4 nitrogen and oxygen atoms in total. The Morgan fingerprint density at radius 1 is 1.21 bits per heavy atom. The van der Waals surface area contributed by atoms with Gasteiger partial charge in [-0.25, -0.2) is 0 Å². The van der Waals surface area contributed by atoms with Crippen LogP contribution < -0.4 is 10.6 Å². The zero-order valence-electron chi connectivity index (χ0n) is 8.76. The Labute approximate surface area is 89.2 Å². The van der Waals surface area contributed by atoms with Gasteiger partial charge < -0.3 is 10.6 Å². The molecule has 2 N–H and O–H groups in total. The van der Waals surface area contributed by atoms with Gasteiger partial charge in [0.05, 0.1) is 0 Å². The summed E-state index contributed by atoms with van der Waals surface area (Å²) in [5.41, 5.74) is 0. The molecule has 0 aromatic heterocycles. The first kappa shape index (κ1) is 13.3. The fourth-order valence-electron chi connectivity index (χ4n) is 0.838. The van der Waals surface area contributed by atoms with E-state index in [1.54, 1.807) is 11.8 Å². The monoisotopic (exact) mass is 218 g/mol. The first-order valence-corrected chi connectivity index (χ1v) is 5.91. The van der Waals surface area contributed by atoms with E-state index in [1.807, 2.05) is 0 Å². The zero-order valence-corrected chi connectivity index (χ0v) is 9.58. The van der Waals surface area contributed by atoms with Crippen molar-refractivity contribution in [1.29, 1.82) is 0 Å². The molecule has 0 aromatic rings. The molecule has 0 aliphatic rings. The lowest BCUT2D eigenvalue weighted by atomic mass is 10.4. The molecule has 2 amide bonds. The highest BCUT2D eigenvalue weighted by molar-refractivity contribution is 7.99. The predicted molar refractivity (Wildman–Crippen MR) is 59.3 cm³/mol. The van der Waals surface area contributed by atoms with Crippen LogP contribution in [0.3, 0.4) is 0 Å². The van der Waals surface area contributed by atoms with Crippen LogP contribution in [0.2, 0.25) is 0 Å². The van der Waals surface area contributed by atoms with Gasteiger partial charge in [0.2, 0.25) is 11.8 Å². The number of thioether (sulfide) groups is 1. The van der Waals surface area contributed by atoms with Crippen molar-refractivity contribution in [3.8, 4) is 0 Å². The van der Waals surface area contributed by atoms with Gasteiger partial charge in [-0.2, -0.15) is 11.8 Å². The second-order valence-electron chi connectivity index (χ2n) is 2.78. The molecule has 0 spiro atoms. The smallest absolute Gasteiger partial charge is 0.220 e. The van der Waals surface area contributed by atoms with E-state index in [1.165, 1.54) is 6.92 Å². The molecule has 0 aliphatic carbocycles. The number of hydrogen-bond donors (Lipinski definition) is 2. The van der Waals surface area contributed by atoms with Crippen LogP contribution in [0.15, 0.2) is 0 Å². The van der Waals surface area contributed by atoms with Gasteiger partial charge in [0.15, 0.2) is 0 Å². The van der Waals surface area contributed by atoms with E-state index >= 15 is 0 Å². The average Bonchev–Trinajstić information content (AvgIpc) is 2.13. The number of hydrogen-bond acceptors (Lipinski definition) is 3. The Hall–Kier alpha value is -0.710. The Morgan fingerprint density at radius 2 is 1.86 bits per heavy atom.